The number of nitrogens with zero attached hydrogens (tertiary/aromatic N) is 5. The van der Waals surface area contributed by atoms with Gasteiger partial charge in [0.1, 0.15) is 11.2 Å². The number of pyridine rings is 1. The lowest BCUT2D eigenvalue weighted by molar-refractivity contribution is 0.0673. The van der Waals surface area contributed by atoms with E-state index in [1.54, 1.807) is 30.2 Å². The van der Waals surface area contributed by atoms with Crippen molar-refractivity contribution in [1.29, 1.82) is 0 Å². The molecule has 1 aromatic carbocycles. The number of aliphatic hydroxyl groups is 1. The largest absolute Gasteiger partial charge is 0.379 e. The van der Waals surface area contributed by atoms with Crippen molar-refractivity contribution in [3.8, 4) is 22.4 Å². The molecule has 0 fully saturated rings. The van der Waals surface area contributed by atoms with E-state index < -0.39 is 17.2 Å². The van der Waals surface area contributed by atoms with E-state index in [2.05, 4.69) is 25.0 Å². The monoisotopic (exact) mass is 461 g/mol. The van der Waals surface area contributed by atoms with Gasteiger partial charge < -0.3 is 15.8 Å². The van der Waals surface area contributed by atoms with Crippen molar-refractivity contribution in [2.45, 2.75) is 18.9 Å². The van der Waals surface area contributed by atoms with Crippen LogP contribution in [0.1, 0.15) is 24.6 Å². The van der Waals surface area contributed by atoms with E-state index >= 15 is 0 Å². The highest BCUT2D eigenvalue weighted by atomic mass is 19.2. The number of H-pyrrole nitrogens is 1. The molecule has 0 saturated carbocycles. The summed E-state index contributed by atoms with van der Waals surface area (Å²) >= 11 is 0. The summed E-state index contributed by atoms with van der Waals surface area (Å²) in [6, 6.07) is 7.14. The Balaban J connectivity index is 1.66. The number of halogens is 2. The lowest BCUT2D eigenvalue weighted by Gasteiger charge is -2.27. The summed E-state index contributed by atoms with van der Waals surface area (Å²) in [5.41, 5.74) is 7.37. The number of aryl methyl sites for hydroxylation is 1. The number of anilines is 1. The lowest BCUT2D eigenvalue weighted by atomic mass is 9.86. The molecule has 4 heterocycles. The van der Waals surface area contributed by atoms with Gasteiger partial charge in [0.15, 0.2) is 11.6 Å². The van der Waals surface area contributed by atoms with Gasteiger partial charge in [-0.1, -0.05) is 19.1 Å². The third-order valence-corrected chi connectivity index (χ3v) is 5.92. The van der Waals surface area contributed by atoms with E-state index in [1.807, 2.05) is 19.3 Å². The first kappa shape index (κ1) is 21.7. The summed E-state index contributed by atoms with van der Waals surface area (Å²) in [5.74, 6) is -2.30. The second-order valence-corrected chi connectivity index (χ2v) is 8.04. The number of hydrogen-bond donors (Lipinski definition) is 3. The number of aromatic amines is 1. The lowest BCUT2D eigenvalue weighted by Crippen LogP contribution is -2.30. The molecule has 10 heteroatoms. The zero-order valence-corrected chi connectivity index (χ0v) is 18.4. The maximum Gasteiger partial charge on any atom is 0.220 e. The molecule has 0 unspecified atom stereocenters. The first-order valence-corrected chi connectivity index (χ1v) is 10.6. The van der Waals surface area contributed by atoms with Gasteiger partial charge in [-0.15, -0.1) is 0 Å². The zero-order chi connectivity index (χ0) is 24.0. The minimum absolute atomic E-state index is 0.0316. The number of benzene rings is 1. The van der Waals surface area contributed by atoms with Crippen LogP contribution in [-0.2, 0) is 12.6 Å². The van der Waals surface area contributed by atoms with Crippen molar-refractivity contribution in [3.63, 3.8) is 0 Å². The van der Waals surface area contributed by atoms with Crippen LogP contribution in [0.15, 0.2) is 55.1 Å². The number of rotatable bonds is 5. The first-order chi connectivity index (χ1) is 16.3. The fourth-order valence-corrected chi connectivity index (χ4v) is 4.09. The van der Waals surface area contributed by atoms with Crippen molar-refractivity contribution in [2.75, 3.05) is 5.73 Å². The second kappa shape index (κ2) is 7.99. The highest BCUT2D eigenvalue weighted by Crippen LogP contribution is 2.37. The Morgan fingerprint density at radius 1 is 1.15 bits per heavy atom. The van der Waals surface area contributed by atoms with Crippen LogP contribution in [0.3, 0.4) is 0 Å². The first-order valence-electron chi connectivity index (χ1n) is 10.6. The zero-order valence-electron chi connectivity index (χ0n) is 18.4. The molecule has 1 atom stereocenters. The van der Waals surface area contributed by atoms with Crippen LogP contribution < -0.4 is 5.73 Å². The smallest absolute Gasteiger partial charge is 0.220 e. The Morgan fingerprint density at radius 3 is 2.71 bits per heavy atom. The molecule has 5 aromatic rings. The maximum absolute atomic E-state index is 14.6. The molecule has 34 heavy (non-hydrogen) atoms. The standard InChI is InChI=1S/C24H21F2N7O/c1-3-24(34,17-5-4-6-18(25)21(17)26)20-8-19(31-23(27)32-20)16-11-29-22-15(16)7-13(9-28-22)14-10-30-33(2)12-14/h4-12,34H,3H2,1-2H3,(H,28,29)(H2,27,31,32)/t24-/m0/s1. The number of aromatic nitrogens is 6. The summed E-state index contributed by atoms with van der Waals surface area (Å²) in [5, 5.41) is 16.4. The maximum atomic E-state index is 14.6. The Bertz CT molecular complexity index is 1530. The summed E-state index contributed by atoms with van der Waals surface area (Å²) < 4.78 is 30.3. The van der Waals surface area contributed by atoms with E-state index in [4.69, 9.17) is 5.73 Å². The van der Waals surface area contributed by atoms with Gasteiger partial charge in [0.25, 0.3) is 0 Å². The molecule has 0 radical (unpaired) electrons. The molecule has 0 saturated heterocycles. The van der Waals surface area contributed by atoms with Crippen LogP contribution in [0.5, 0.6) is 0 Å². The molecule has 0 aliphatic heterocycles. The van der Waals surface area contributed by atoms with Crippen LogP contribution in [0.4, 0.5) is 14.7 Å². The summed E-state index contributed by atoms with van der Waals surface area (Å²) in [7, 11) is 1.83. The van der Waals surface area contributed by atoms with E-state index in [9.17, 15) is 13.9 Å². The van der Waals surface area contributed by atoms with Gasteiger partial charge in [0.05, 0.1) is 17.6 Å². The van der Waals surface area contributed by atoms with E-state index in [1.165, 1.54) is 18.2 Å². The SMILES string of the molecule is CC[C@@](O)(c1cc(-c2c[nH]c3ncc(-c4cnn(C)c4)cc23)nc(N)n1)c1cccc(F)c1F. The molecule has 4 aromatic heterocycles. The van der Waals surface area contributed by atoms with Crippen molar-refractivity contribution in [2.24, 2.45) is 7.05 Å². The Morgan fingerprint density at radius 2 is 1.97 bits per heavy atom. The average Bonchev–Trinajstić information content (AvgIpc) is 3.45. The highest BCUT2D eigenvalue weighted by Gasteiger charge is 2.36. The van der Waals surface area contributed by atoms with Gasteiger partial charge in [-0.3, -0.25) is 4.68 Å². The normalized spacial score (nSPS) is 13.3. The van der Waals surface area contributed by atoms with Crippen LogP contribution in [-0.4, -0.2) is 34.8 Å². The van der Waals surface area contributed by atoms with Crippen LogP contribution in [0.2, 0.25) is 0 Å². The second-order valence-electron chi connectivity index (χ2n) is 8.04. The Kier molecular flexibility index (Phi) is 5.09. The van der Waals surface area contributed by atoms with Crippen LogP contribution >= 0.6 is 0 Å². The molecule has 4 N–H and O–H groups in total. The molecule has 0 aliphatic rings. The fourth-order valence-electron chi connectivity index (χ4n) is 4.09. The minimum Gasteiger partial charge on any atom is -0.379 e. The van der Waals surface area contributed by atoms with Gasteiger partial charge >= 0.3 is 0 Å². The average molecular weight is 461 g/mol. The van der Waals surface area contributed by atoms with Crippen molar-refractivity contribution in [3.05, 3.63) is 78.0 Å². The molecule has 0 spiro atoms. The molecule has 172 valence electrons. The van der Waals surface area contributed by atoms with E-state index in [-0.39, 0.29) is 23.6 Å². The van der Waals surface area contributed by atoms with E-state index in [0.29, 0.717) is 16.9 Å². The molecule has 0 amide bonds. The van der Waals surface area contributed by atoms with Gasteiger partial charge in [0, 0.05) is 53.3 Å². The number of hydrogen-bond acceptors (Lipinski definition) is 6. The predicted molar refractivity (Wildman–Crippen MR) is 123 cm³/mol. The van der Waals surface area contributed by atoms with Crippen LogP contribution in [0, 0.1) is 11.6 Å². The third kappa shape index (κ3) is 3.48. The predicted octanol–water partition coefficient (Wildman–Crippen LogP) is 3.93. The Hall–Kier alpha value is -4.18. The van der Waals surface area contributed by atoms with E-state index in [0.717, 1.165) is 22.6 Å². The molecule has 5 rings (SSSR count). The number of nitrogens with two attached hydrogens (primary N) is 1. The molecular weight excluding hydrogens is 440 g/mol. The number of fused-ring (bicyclic) bond motifs is 1. The Labute approximate surface area is 193 Å². The van der Waals surface area contributed by atoms with Gasteiger partial charge in [0.2, 0.25) is 5.95 Å². The van der Waals surface area contributed by atoms with Gasteiger partial charge in [-0.05, 0) is 24.6 Å². The highest BCUT2D eigenvalue weighted by molar-refractivity contribution is 5.95. The van der Waals surface area contributed by atoms with Gasteiger partial charge in [-0.2, -0.15) is 5.10 Å². The van der Waals surface area contributed by atoms with Crippen molar-refractivity contribution in [1.82, 2.24) is 29.7 Å². The number of nitrogen functional groups attached to an aromatic ring is 1. The fraction of sp³-hybridized carbons (Fsp3) is 0.167. The van der Waals surface area contributed by atoms with Crippen LogP contribution in [0.25, 0.3) is 33.4 Å². The molecule has 0 bridgehead atoms. The molecular formula is C24H21F2N7O. The minimum atomic E-state index is -1.91. The summed E-state index contributed by atoms with van der Waals surface area (Å²) in [4.78, 5) is 16.1. The van der Waals surface area contributed by atoms with Crippen molar-refractivity contribution < 1.29 is 13.9 Å². The summed E-state index contributed by atoms with van der Waals surface area (Å²) in [6.07, 6.45) is 7.12. The van der Waals surface area contributed by atoms with Crippen molar-refractivity contribution >= 4 is 17.0 Å². The van der Waals surface area contributed by atoms with Gasteiger partial charge in [-0.25, -0.2) is 23.7 Å². The topological polar surface area (TPSA) is 119 Å². The number of nitrogens with one attached hydrogen (secondary N) is 1. The quantitative estimate of drug-likeness (QED) is 0.365. The molecule has 8 nitrogen and oxygen atoms in total. The summed E-state index contributed by atoms with van der Waals surface area (Å²) in [6.45, 7) is 1.65. The third-order valence-electron chi connectivity index (χ3n) is 5.92. The molecule has 0 aliphatic carbocycles.